The average molecular weight is 313 g/mol. The Labute approximate surface area is 138 Å². The van der Waals surface area contributed by atoms with Crippen LogP contribution in [0, 0.1) is 0 Å². The molecule has 5 nitrogen and oxygen atoms in total. The average Bonchev–Trinajstić information content (AvgIpc) is 3.03. The van der Waals surface area contributed by atoms with Crippen LogP contribution in [0.2, 0.25) is 0 Å². The van der Waals surface area contributed by atoms with Gasteiger partial charge in [0.2, 0.25) is 0 Å². The smallest absolute Gasteiger partial charge is 0.399 e. The zero-order valence-electron chi connectivity index (χ0n) is 14.5. The Morgan fingerprint density at radius 2 is 1.87 bits per heavy atom. The second-order valence-electron chi connectivity index (χ2n) is 7.06. The fraction of sp³-hybridized carbons (Fsp3) is 0.529. The standard InChI is InChI=1S/C17H24BN3O2/c1-6-7-14-10-15(8-9-19-14)21-12-13(11-20-21)18-22-16(2,3)17(4,5)23-18/h8-12H,6-7H2,1-5H3. The molecule has 1 fully saturated rings. The first-order chi connectivity index (χ1) is 10.8. The van der Waals surface area contributed by atoms with Gasteiger partial charge in [-0.25, -0.2) is 4.68 Å². The van der Waals surface area contributed by atoms with Crippen molar-refractivity contribution in [2.24, 2.45) is 0 Å². The van der Waals surface area contributed by atoms with Crippen LogP contribution in [0.25, 0.3) is 5.69 Å². The molecule has 0 N–H and O–H groups in total. The Kier molecular flexibility index (Phi) is 4.06. The molecule has 0 unspecified atom stereocenters. The lowest BCUT2D eigenvalue weighted by molar-refractivity contribution is 0.00578. The minimum Gasteiger partial charge on any atom is -0.399 e. The van der Waals surface area contributed by atoms with Gasteiger partial charge in [0.25, 0.3) is 0 Å². The van der Waals surface area contributed by atoms with Gasteiger partial charge in [-0.1, -0.05) is 13.3 Å². The molecule has 0 aromatic carbocycles. The number of pyridine rings is 1. The molecule has 3 heterocycles. The number of aromatic nitrogens is 3. The van der Waals surface area contributed by atoms with Crippen LogP contribution in [0.5, 0.6) is 0 Å². The van der Waals surface area contributed by atoms with E-state index in [1.165, 1.54) is 0 Å². The van der Waals surface area contributed by atoms with Gasteiger partial charge in [-0.3, -0.25) is 4.98 Å². The van der Waals surface area contributed by atoms with Gasteiger partial charge in [-0.2, -0.15) is 5.10 Å². The van der Waals surface area contributed by atoms with E-state index in [-0.39, 0.29) is 18.3 Å². The van der Waals surface area contributed by atoms with Crippen molar-refractivity contribution in [3.05, 3.63) is 36.4 Å². The lowest BCUT2D eigenvalue weighted by Gasteiger charge is -2.32. The molecule has 3 rings (SSSR count). The zero-order valence-corrected chi connectivity index (χ0v) is 14.5. The van der Waals surface area contributed by atoms with Crippen LogP contribution in [-0.4, -0.2) is 33.1 Å². The molecule has 0 aliphatic carbocycles. The van der Waals surface area contributed by atoms with Crippen molar-refractivity contribution >= 4 is 12.6 Å². The molecular formula is C17H24BN3O2. The maximum atomic E-state index is 6.07. The number of hydrogen-bond acceptors (Lipinski definition) is 4. The molecule has 1 aliphatic heterocycles. The largest absolute Gasteiger partial charge is 0.498 e. The molecule has 0 atom stereocenters. The second kappa shape index (κ2) is 5.76. The Morgan fingerprint density at radius 3 is 2.52 bits per heavy atom. The van der Waals surface area contributed by atoms with Crippen molar-refractivity contribution in [2.75, 3.05) is 0 Å². The minimum absolute atomic E-state index is 0.343. The first-order valence-corrected chi connectivity index (χ1v) is 8.18. The van der Waals surface area contributed by atoms with Crippen LogP contribution in [0.1, 0.15) is 46.7 Å². The third-order valence-corrected chi connectivity index (χ3v) is 4.70. The summed E-state index contributed by atoms with van der Waals surface area (Å²) < 4.78 is 14.0. The summed E-state index contributed by atoms with van der Waals surface area (Å²) in [5.41, 5.74) is 2.33. The van der Waals surface area contributed by atoms with E-state index in [2.05, 4.69) is 50.8 Å². The highest BCUT2D eigenvalue weighted by atomic mass is 16.7. The number of nitrogens with zero attached hydrogens (tertiary/aromatic N) is 3. The third-order valence-electron chi connectivity index (χ3n) is 4.70. The topological polar surface area (TPSA) is 49.2 Å². The second-order valence-corrected chi connectivity index (χ2v) is 7.06. The monoisotopic (exact) mass is 313 g/mol. The van der Waals surface area contributed by atoms with Gasteiger partial charge in [-0.15, -0.1) is 0 Å². The summed E-state index contributed by atoms with van der Waals surface area (Å²) in [6.45, 7) is 10.4. The van der Waals surface area contributed by atoms with Crippen molar-refractivity contribution in [1.82, 2.24) is 14.8 Å². The molecular weight excluding hydrogens is 289 g/mol. The zero-order chi connectivity index (χ0) is 16.7. The Morgan fingerprint density at radius 1 is 1.17 bits per heavy atom. The number of hydrogen-bond donors (Lipinski definition) is 0. The highest BCUT2D eigenvalue weighted by Crippen LogP contribution is 2.36. The van der Waals surface area contributed by atoms with Crippen LogP contribution in [0.4, 0.5) is 0 Å². The van der Waals surface area contributed by atoms with Crippen LogP contribution >= 0.6 is 0 Å². The minimum atomic E-state index is -0.384. The molecule has 1 saturated heterocycles. The van der Waals surface area contributed by atoms with E-state index in [9.17, 15) is 0 Å². The predicted molar refractivity (Wildman–Crippen MR) is 91.1 cm³/mol. The highest BCUT2D eigenvalue weighted by Gasteiger charge is 2.52. The lowest BCUT2D eigenvalue weighted by Crippen LogP contribution is -2.41. The normalized spacial score (nSPS) is 19.3. The number of rotatable bonds is 4. The maximum Gasteiger partial charge on any atom is 0.498 e. The van der Waals surface area contributed by atoms with Crippen molar-refractivity contribution in [1.29, 1.82) is 0 Å². The van der Waals surface area contributed by atoms with Crippen molar-refractivity contribution in [2.45, 2.75) is 58.7 Å². The van der Waals surface area contributed by atoms with Gasteiger partial charge in [0.15, 0.2) is 0 Å². The summed E-state index contributed by atoms with van der Waals surface area (Å²) in [6.07, 6.45) is 7.65. The summed E-state index contributed by atoms with van der Waals surface area (Å²) in [4.78, 5) is 4.39. The van der Waals surface area contributed by atoms with Gasteiger partial charge in [-0.05, 0) is 46.2 Å². The first-order valence-electron chi connectivity index (χ1n) is 8.18. The lowest BCUT2D eigenvalue weighted by atomic mass is 9.82. The Balaban J connectivity index is 1.83. The molecule has 1 aliphatic rings. The van der Waals surface area contributed by atoms with E-state index in [1.807, 2.05) is 29.3 Å². The van der Waals surface area contributed by atoms with Gasteiger partial charge in [0.1, 0.15) is 0 Å². The summed E-state index contributed by atoms with van der Waals surface area (Å²) in [5, 5.41) is 4.46. The molecule has 6 heteroatoms. The summed E-state index contributed by atoms with van der Waals surface area (Å²) >= 11 is 0. The molecule has 2 aromatic rings. The molecule has 2 aromatic heterocycles. The van der Waals surface area contributed by atoms with E-state index in [0.29, 0.717) is 0 Å². The van der Waals surface area contributed by atoms with Gasteiger partial charge < -0.3 is 9.31 Å². The SMILES string of the molecule is CCCc1cc(-n2cc(B3OC(C)(C)C(C)(C)O3)cn2)ccn1. The van der Waals surface area contributed by atoms with Gasteiger partial charge in [0.05, 0.1) is 16.9 Å². The molecule has 122 valence electrons. The summed E-state index contributed by atoms with van der Waals surface area (Å²) in [5.74, 6) is 0. The molecule has 23 heavy (non-hydrogen) atoms. The van der Waals surface area contributed by atoms with Crippen LogP contribution in [0.3, 0.4) is 0 Å². The van der Waals surface area contributed by atoms with Crippen LogP contribution < -0.4 is 5.46 Å². The molecule has 0 spiro atoms. The summed E-state index contributed by atoms with van der Waals surface area (Å²) in [6, 6.07) is 4.03. The molecule has 0 bridgehead atoms. The number of aryl methyl sites for hydroxylation is 1. The third kappa shape index (κ3) is 3.05. The quantitative estimate of drug-likeness (QED) is 0.814. The predicted octanol–water partition coefficient (Wildman–Crippen LogP) is 2.52. The van der Waals surface area contributed by atoms with Crippen LogP contribution in [0.15, 0.2) is 30.7 Å². The van der Waals surface area contributed by atoms with Gasteiger partial charge >= 0.3 is 7.12 Å². The first kappa shape index (κ1) is 16.2. The van der Waals surface area contributed by atoms with Crippen molar-refractivity contribution < 1.29 is 9.31 Å². The fourth-order valence-corrected chi connectivity index (χ4v) is 2.58. The highest BCUT2D eigenvalue weighted by molar-refractivity contribution is 6.62. The van der Waals surface area contributed by atoms with E-state index >= 15 is 0 Å². The van der Waals surface area contributed by atoms with Crippen molar-refractivity contribution in [3.8, 4) is 5.69 Å². The van der Waals surface area contributed by atoms with Crippen LogP contribution in [-0.2, 0) is 15.7 Å². The van der Waals surface area contributed by atoms with Crippen molar-refractivity contribution in [3.63, 3.8) is 0 Å². The van der Waals surface area contributed by atoms with Gasteiger partial charge in [0, 0.05) is 29.7 Å². The summed E-state index contributed by atoms with van der Waals surface area (Å²) in [7, 11) is -0.384. The Hall–Kier alpha value is -1.66. The van der Waals surface area contributed by atoms with E-state index in [0.717, 1.165) is 29.7 Å². The fourth-order valence-electron chi connectivity index (χ4n) is 2.58. The molecule has 0 saturated carbocycles. The van der Waals surface area contributed by atoms with E-state index in [1.54, 1.807) is 0 Å². The molecule has 0 amide bonds. The Bertz CT molecular complexity index is 681. The maximum absolute atomic E-state index is 6.07. The van der Waals surface area contributed by atoms with E-state index < -0.39 is 0 Å². The molecule has 0 radical (unpaired) electrons. The van der Waals surface area contributed by atoms with E-state index in [4.69, 9.17) is 9.31 Å².